The van der Waals surface area contributed by atoms with Crippen molar-refractivity contribution in [3.05, 3.63) is 23.5 Å². The second-order valence-corrected chi connectivity index (χ2v) is 2.98. The van der Waals surface area contributed by atoms with Crippen LogP contribution < -0.4 is 11.1 Å². The van der Waals surface area contributed by atoms with Gasteiger partial charge in [-0.15, -0.1) is 0 Å². The Balaban J connectivity index is 2.24. The first-order valence-electron chi connectivity index (χ1n) is 4.20. The summed E-state index contributed by atoms with van der Waals surface area (Å²) in [5, 5.41) is 12.8. The predicted molar refractivity (Wildman–Crippen MR) is 51.6 cm³/mol. The molecule has 15 heavy (non-hydrogen) atoms. The summed E-state index contributed by atoms with van der Waals surface area (Å²) in [5.41, 5.74) is 6.13. The van der Waals surface area contributed by atoms with Crippen molar-refractivity contribution in [3.63, 3.8) is 0 Å². The van der Waals surface area contributed by atoms with Gasteiger partial charge in [-0.2, -0.15) is 5.10 Å². The molecule has 0 aliphatic rings. The van der Waals surface area contributed by atoms with Crippen LogP contribution in [0.5, 0.6) is 0 Å². The van der Waals surface area contributed by atoms with Crippen LogP contribution in [0, 0.1) is 6.92 Å². The maximum atomic E-state index is 11.0. The number of carbonyl (C=O) groups is 1. The number of amides is 1. The van der Waals surface area contributed by atoms with Gasteiger partial charge < -0.3 is 15.6 Å². The molecule has 1 amide bonds. The number of nitrogens with two attached hydrogens (primary N) is 1. The highest BCUT2D eigenvalue weighted by Crippen LogP contribution is 2.18. The van der Waals surface area contributed by atoms with Gasteiger partial charge in [0.2, 0.25) is 5.88 Å². The average molecular weight is 207 g/mol. The van der Waals surface area contributed by atoms with Crippen LogP contribution in [-0.2, 0) is 0 Å². The summed E-state index contributed by atoms with van der Waals surface area (Å²) < 4.78 is 4.91. The molecule has 7 heteroatoms. The summed E-state index contributed by atoms with van der Waals surface area (Å²) in [6, 6.07) is 1.69. The van der Waals surface area contributed by atoms with Crippen molar-refractivity contribution in [1.29, 1.82) is 0 Å². The first-order chi connectivity index (χ1) is 7.16. The van der Waals surface area contributed by atoms with E-state index >= 15 is 0 Å². The molecule has 0 unspecified atom stereocenters. The van der Waals surface area contributed by atoms with Gasteiger partial charge in [-0.1, -0.05) is 5.16 Å². The highest BCUT2D eigenvalue weighted by molar-refractivity contribution is 5.97. The number of anilines is 2. The monoisotopic (exact) mass is 207 g/mol. The fourth-order valence-corrected chi connectivity index (χ4v) is 1.11. The molecule has 0 bridgehead atoms. The number of H-pyrrole nitrogens is 1. The number of hydrogen-bond acceptors (Lipinski definition) is 5. The number of carbonyl (C=O) groups excluding carboxylic acids is 1. The zero-order chi connectivity index (χ0) is 10.8. The van der Waals surface area contributed by atoms with Crippen molar-refractivity contribution in [2.75, 3.05) is 5.32 Å². The highest BCUT2D eigenvalue weighted by atomic mass is 16.5. The molecule has 78 valence electrons. The molecule has 0 saturated heterocycles. The molecule has 0 fully saturated rings. The van der Waals surface area contributed by atoms with E-state index in [1.165, 1.54) is 6.20 Å². The molecule has 0 aliphatic heterocycles. The lowest BCUT2D eigenvalue weighted by atomic mass is 10.3. The molecule has 0 radical (unpaired) electrons. The summed E-state index contributed by atoms with van der Waals surface area (Å²) in [7, 11) is 0. The van der Waals surface area contributed by atoms with Crippen molar-refractivity contribution in [1.82, 2.24) is 15.4 Å². The van der Waals surface area contributed by atoms with E-state index in [2.05, 4.69) is 20.7 Å². The molecule has 0 aliphatic carbocycles. The smallest absolute Gasteiger partial charge is 0.254 e. The number of aromatic amines is 1. The lowest BCUT2D eigenvalue weighted by molar-refractivity contribution is 0.100. The van der Waals surface area contributed by atoms with Gasteiger partial charge in [0.25, 0.3) is 5.91 Å². The lowest BCUT2D eigenvalue weighted by Crippen LogP contribution is -2.11. The zero-order valence-electron chi connectivity index (χ0n) is 7.94. The van der Waals surface area contributed by atoms with Gasteiger partial charge in [-0.05, 0) is 6.92 Å². The number of rotatable bonds is 3. The SMILES string of the molecule is Cc1cc(Nc2[nH]ncc2C(N)=O)on1. The third-order valence-corrected chi connectivity index (χ3v) is 1.78. The van der Waals surface area contributed by atoms with Crippen LogP contribution in [-0.4, -0.2) is 21.3 Å². The standard InChI is InChI=1S/C8H9N5O2/c1-4-2-6(15-13-4)11-8-5(7(9)14)3-10-12-8/h2-3H,1H3,(H2,9,14)(H2,10,11,12). The molecule has 0 atom stereocenters. The molecule has 0 saturated carbocycles. The number of aromatic nitrogens is 3. The second-order valence-electron chi connectivity index (χ2n) is 2.98. The van der Waals surface area contributed by atoms with Gasteiger partial charge >= 0.3 is 0 Å². The first kappa shape index (κ1) is 9.25. The predicted octanol–water partition coefficient (Wildman–Crippen LogP) is 0.549. The fraction of sp³-hybridized carbons (Fsp3) is 0.125. The van der Waals surface area contributed by atoms with Crippen LogP contribution in [0.25, 0.3) is 0 Å². The van der Waals surface area contributed by atoms with E-state index in [0.717, 1.165) is 5.69 Å². The summed E-state index contributed by atoms with van der Waals surface area (Å²) in [6.07, 6.45) is 1.34. The third kappa shape index (κ3) is 1.80. The summed E-state index contributed by atoms with van der Waals surface area (Å²) in [6.45, 7) is 1.79. The van der Waals surface area contributed by atoms with Gasteiger partial charge in [0.05, 0.1) is 11.9 Å². The fourth-order valence-electron chi connectivity index (χ4n) is 1.11. The summed E-state index contributed by atoms with van der Waals surface area (Å²) in [4.78, 5) is 11.0. The maximum absolute atomic E-state index is 11.0. The average Bonchev–Trinajstić information content (AvgIpc) is 2.75. The molecular formula is C8H9N5O2. The summed E-state index contributed by atoms with van der Waals surface area (Å²) >= 11 is 0. The number of aryl methyl sites for hydroxylation is 1. The molecule has 0 spiro atoms. The lowest BCUT2D eigenvalue weighted by Gasteiger charge is -1.98. The first-order valence-corrected chi connectivity index (χ1v) is 4.20. The minimum absolute atomic E-state index is 0.268. The molecule has 2 rings (SSSR count). The van der Waals surface area contributed by atoms with Gasteiger partial charge in [0, 0.05) is 6.07 Å². The molecule has 7 nitrogen and oxygen atoms in total. The van der Waals surface area contributed by atoms with E-state index < -0.39 is 5.91 Å². The molecule has 4 N–H and O–H groups in total. The molecule has 2 aromatic rings. The Labute approximate surface area is 84.6 Å². The van der Waals surface area contributed by atoms with Crippen LogP contribution in [0.1, 0.15) is 16.1 Å². The molecular weight excluding hydrogens is 198 g/mol. The van der Waals surface area contributed by atoms with Crippen LogP contribution in [0.4, 0.5) is 11.7 Å². The largest absolute Gasteiger partial charge is 0.365 e. The van der Waals surface area contributed by atoms with Gasteiger partial charge in [0.15, 0.2) is 0 Å². The van der Waals surface area contributed by atoms with E-state index in [0.29, 0.717) is 11.7 Å². The van der Waals surface area contributed by atoms with Crippen molar-refractivity contribution in [3.8, 4) is 0 Å². The molecule has 0 aromatic carbocycles. The third-order valence-electron chi connectivity index (χ3n) is 1.78. The van der Waals surface area contributed by atoms with E-state index in [1.54, 1.807) is 13.0 Å². The van der Waals surface area contributed by atoms with E-state index in [1.807, 2.05) is 0 Å². The Morgan fingerprint density at radius 1 is 1.67 bits per heavy atom. The Kier molecular flexibility index (Phi) is 2.13. The molecule has 2 heterocycles. The Hall–Kier alpha value is -2.31. The number of hydrogen-bond donors (Lipinski definition) is 3. The minimum Gasteiger partial charge on any atom is -0.365 e. The van der Waals surface area contributed by atoms with E-state index in [4.69, 9.17) is 10.3 Å². The Bertz CT molecular complexity index is 487. The topological polar surface area (TPSA) is 110 Å². The highest BCUT2D eigenvalue weighted by Gasteiger charge is 2.11. The van der Waals surface area contributed by atoms with Gasteiger partial charge in [-0.3, -0.25) is 9.89 Å². The number of primary amides is 1. The Morgan fingerprint density at radius 2 is 2.47 bits per heavy atom. The number of nitrogens with zero attached hydrogens (tertiary/aromatic N) is 2. The van der Waals surface area contributed by atoms with Crippen molar-refractivity contribution in [2.45, 2.75) is 6.92 Å². The van der Waals surface area contributed by atoms with Crippen molar-refractivity contribution in [2.24, 2.45) is 5.73 Å². The maximum Gasteiger partial charge on any atom is 0.254 e. The van der Waals surface area contributed by atoms with Crippen LogP contribution in [0.3, 0.4) is 0 Å². The van der Waals surface area contributed by atoms with Crippen LogP contribution in [0.15, 0.2) is 16.8 Å². The van der Waals surface area contributed by atoms with Crippen LogP contribution in [0.2, 0.25) is 0 Å². The quantitative estimate of drug-likeness (QED) is 0.680. The van der Waals surface area contributed by atoms with Crippen molar-refractivity contribution >= 4 is 17.6 Å². The van der Waals surface area contributed by atoms with Crippen molar-refractivity contribution < 1.29 is 9.32 Å². The summed E-state index contributed by atoms with van der Waals surface area (Å²) in [5.74, 6) is 0.236. The van der Waals surface area contributed by atoms with Gasteiger partial charge in [-0.25, -0.2) is 0 Å². The van der Waals surface area contributed by atoms with Gasteiger partial charge in [0.1, 0.15) is 11.4 Å². The number of nitrogens with one attached hydrogen (secondary N) is 2. The normalized spacial score (nSPS) is 10.2. The van der Waals surface area contributed by atoms with Crippen LogP contribution >= 0.6 is 0 Å². The van der Waals surface area contributed by atoms with E-state index in [9.17, 15) is 4.79 Å². The molecule has 2 aromatic heterocycles. The minimum atomic E-state index is -0.567. The Morgan fingerprint density at radius 3 is 3.07 bits per heavy atom. The second kappa shape index (κ2) is 3.45. The van der Waals surface area contributed by atoms with E-state index in [-0.39, 0.29) is 5.56 Å². The zero-order valence-corrected chi connectivity index (χ0v) is 7.94.